The van der Waals surface area contributed by atoms with E-state index in [9.17, 15) is 4.79 Å². The number of unbranched alkanes of at least 4 members (excludes halogenated alkanes) is 29. The second-order valence-corrected chi connectivity index (χ2v) is 14.2. The number of rotatable bonds is 35. The standard InChI is InChI=1S/C43H78O2/c1-3-5-7-9-11-13-15-17-19-21-23-25-27-29-31-36-40-42(45-43(44)41-37-33-32-34-38-41)39-35-30-28-26-24-22-20-18-16-14-12-10-8-6-4-2/h32-34,37-38,42H,3-31,35-36,39-40H2,1-2H3. The quantitative estimate of drug-likeness (QED) is 0.0553. The number of benzene rings is 1. The van der Waals surface area contributed by atoms with Crippen molar-refractivity contribution < 1.29 is 9.53 Å². The molecule has 2 heteroatoms. The van der Waals surface area contributed by atoms with E-state index in [4.69, 9.17) is 4.74 Å². The Labute approximate surface area is 282 Å². The average molecular weight is 627 g/mol. The molecular weight excluding hydrogens is 548 g/mol. The molecule has 0 aliphatic rings. The fourth-order valence-corrected chi connectivity index (χ4v) is 6.72. The SMILES string of the molecule is CCCCCCCCCCCCCCCCCCC(CCCCCCCCCCCCCCCCC)OC(=O)c1ccccc1. The van der Waals surface area contributed by atoms with Gasteiger partial charge in [0.1, 0.15) is 6.10 Å². The Morgan fingerprint density at radius 1 is 0.422 bits per heavy atom. The van der Waals surface area contributed by atoms with Crippen molar-refractivity contribution in [3.63, 3.8) is 0 Å². The average Bonchev–Trinajstić information content (AvgIpc) is 3.06. The van der Waals surface area contributed by atoms with Gasteiger partial charge in [-0.15, -0.1) is 0 Å². The zero-order valence-corrected chi connectivity index (χ0v) is 30.6. The first-order chi connectivity index (χ1) is 22.3. The van der Waals surface area contributed by atoms with Crippen molar-refractivity contribution in [2.24, 2.45) is 0 Å². The summed E-state index contributed by atoms with van der Waals surface area (Å²) in [7, 11) is 0. The molecule has 1 aromatic carbocycles. The lowest BCUT2D eigenvalue weighted by atomic mass is 10.0. The van der Waals surface area contributed by atoms with E-state index in [1.54, 1.807) is 0 Å². The van der Waals surface area contributed by atoms with Gasteiger partial charge in [0.15, 0.2) is 0 Å². The zero-order valence-electron chi connectivity index (χ0n) is 30.6. The number of ether oxygens (including phenoxy) is 1. The molecule has 0 spiro atoms. The normalized spacial score (nSPS) is 12.0. The third-order valence-electron chi connectivity index (χ3n) is 9.79. The second-order valence-electron chi connectivity index (χ2n) is 14.2. The number of carbonyl (C=O) groups excluding carboxylic acids is 1. The molecule has 1 unspecified atom stereocenters. The van der Waals surface area contributed by atoms with Crippen LogP contribution < -0.4 is 0 Å². The van der Waals surface area contributed by atoms with Crippen molar-refractivity contribution in [3.8, 4) is 0 Å². The topological polar surface area (TPSA) is 26.3 Å². The molecule has 0 N–H and O–H groups in total. The van der Waals surface area contributed by atoms with Crippen LogP contribution in [0, 0.1) is 0 Å². The van der Waals surface area contributed by atoms with E-state index < -0.39 is 0 Å². The minimum absolute atomic E-state index is 0.0753. The molecule has 1 atom stereocenters. The van der Waals surface area contributed by atoms with Crippen LogP contribution in [0.3, 0.4) is 0 Å². The van der Waals surface area contributed by atoms with E-state index in [2.05, 4.69) is 13.8 Å². The molecule has 1 aromatic rings. The Morgan fingerprint density at radius 2 is 0.689 bits per heavy atom. The van der Waals surface area contributed by atoms with Gasteiger partial charge in [0.25, 0.3) is 0 Å². The fraction of sp³-hybridized carbons (Fsp3) is 0.837. The van der Waals surface area contributed by atoms with Gasteiger partial charge >= 0.3 is 5.97 Å². The van der Waals surface area contributed by atoms with Crippen molar-refractivity contribution in [1.82, 2.24) is 0 Å². The van der Waals surface area contributed by atoms with E-state index >= 15 is 0 Å². The molecule has 0 heterocycles. The number of hydrogen-bond acceptors (Lipinski definition) is 2. The van der Waals surface area contributed by atoms with Crippen LogP contribution in [0.4, 0.5) is 0 Å². The van der Waals surface area contributed by atoms with Crippen LogP contribution in [-0.4, -0.2) is 12.1 Å². The van der Waals surface area contributed by atoms with Crippen LogP contribution in [0.1, 0.15) is 236 Å². The minimum atomic E-state index is -0.141. The molecule has 0 saturated heterocycles. The van der Waals surface area contributed by atoms with E-state index in [0.29, 0.717) is 5.56 Å². The Hall–Kier alpha value is -1.31. The third-order valence-corrected chi connectivity index (χ3v) is 9.79. The van der Waals surface area contributed by atoms with Crippen molar-refractivity contribution >= 4 is 5.97 Å². The maximum Gasteiger partial charge on any atom is 0.338 e. The van der Waals surface area contributed by atoms with Crippen LogP contribution >= 0.6 is 0 Å². The summed E-state index contributed by atoms with van der Waals surface area (Å²) in [6.45, 7) is 4.59. The first kappa shape index (κ1) is 41.7. The van der Waals surface area contributed by atoms with Gasteiger partial charge < -0.3 is 4.74 Å². The molecule has 2 nitrogen and oxygen atoms in total. The van der Waals surface area contributed by atoms with Gasteiger partial charge in [-0.3, -0.25) is 0 Å². The first-order valence-corrected chi connectivity index (χ1v) is 20.5. The molecule has 0 saturated carbocycles. The van der Waals surface area contributed by atoms with Crippen LogP contribution in [0.5, 0.6) is 0 Å². The molecule has 0 aliphatic heterocycles. The Morgan fingerprint density at radius 3 is 0.978 bits per heavy atom. The summed E-state index contributed by atoms with van der Waals surface area (Å²) in [4.78, 5) is 12.8. The van der Waals surface area contributed by atoms with E-state index in [0.717, 1.165) is 12.8 Å². The monoisotopic (exact) mass is 627 g/mol. The fourth-order valence-electron chi connectivity index (χ4n) is 6.72. The summed E-state index contributed by atoms with van der Waals surface area (Å²) in [5.41, 5.74) is 0.686. The second kappa shape index (κ2) is 34.0. The predicted molar refractivity (Wildman–Crippen MR) is 199 cm³/mol. The van der Waals surface area contributed by atoms with Gasteiger partial charge in [-0.25, -0.2) is 4.79 Å². The third kappa shape index (κ3) is 28.6. The number of carbonyl (C=O) groups is 1. The van der Waals surface area contributed by atoms with Gasteiger partial charge in [0, 0.05) is 0 Å². The lowest BCUT2D eigenvalue weighted by molar-refractivity contribution is 0.0249. The molecule has 0 bridgehead atoms. The highest BCUT2D eigenvalue weighted by Crippen LogP contribution is 2.20. The zero-order chi connectivity index (χ0) is 32.3. The Kier molecular flexibility index (Phi) is 31.6. The Bertz CT molecular complexity index is 714. The molecular formula is C43H78O2. The smallest absolute Gasteiger partial charge is 0.338 e. The van der Waals surface area contributed by atoms with Gasteiger partial charge in [-0.05, 0) is 37.8 Å². The van der Waals surface area contributed by atoms with E-state index in [1.807, 2.05) is 30.3 Å². The lowest BCUT2D eigenvalue weighted by Gasteiger charge is -2.18. The highest BCUT2D eigenvalue weighted by atomic mass is 16.5. The number of esters is 1. The van der Waals surface area contributed by atoms with Gasteiger partial charge in [-0.1, -0.05) is 218 Å². The molecule has 1 rings (SSSR count). The summed E-state index contributed by atoms with van der Waals surface area (Å²) < 4.78 is 6.04. The summed E-state index contributed by atoms with van der Waals surface area (Å²) in [6, 6.07) is 9.56. The summed E-state index contributed by atoms with van der Waals surface area (Å²) >= 11 is 0. The molecule has 45 heavy (non-hydrogen) atoms. The lowest BCUT2D eigenvalue weighted by Crippen LogP contribution is -2.18. The van der Waals surface area contributed by atoms with E-state index in [-0.39, 0.29) is 12.1 Å². The maximum absolute atomic E-state index is 12.8. The van der Waals surface area contributed by atoms with Crippen molar-refractivity contribution in [2.45, 2.75) is 232 Å². The van der Waals surface area contributed by atoms with Gasteiger partial charge in [-0.2, -0.15) is 0 Å². The number of hydrogen-bond donors (Lipinski definition) is 0. The largest absolute Gasteiger partial charge is 0.459 e. The van der Waals surface area contributed by atoms with Crippen LogP contribution in [0.15, 0.2) is 30.3 Å². The maximum atomic E-state index is 12.8. The van der Waals surface area contributed by atoms with Crippen molar-refractivity contribution in [3.05, 3.63) is 35.9 Å². The van der Waals surface area contributed by atoms with Crippen molar-refractivity contribution in [2.75, 3.05) is 0 Å². The molecule has 0 radical (unpaired) electrons. The summed E-state index contributed by atoms with van der Waals surface area (Å²) in [5.74, 6) is -0.141. The first-order valence-electron chi connectivity index (χ1n) is 20.5. The van der Waals surface area contributed by atoms with Gasteiger partial charge in [0.2, 0.25) is 0 Å². The molecule has 0 aromatic heterocycles. The highest BCUT2D eigenvalue weighted by molar-refractivity contribution is 5.89. The van der Waals surface area contributed by atoms with Crippen LogP contribution in [0.2, 0.25) is 0 Å². The summed E-state index contributed by atoms with van der Waals surface area (Å²) in [6.07, 6.45) is 45.2. The molecule has 262 valence electrons. The summed E-state index contributed by atoms with van der Waals surface area (Å²) in [5, 5.41) is 0. The highest BCUT2D eigenvalue weighted by Gasteiger charge is 2.15. The molecule has 0 fully saturated rings. The van der Waals surface area contributed by atoms with Crippen LogP contribution in [-0.2, 0) is 4.74 Å². The molecule has 0 amide bonds. The predicted octanol–water partition coefficient (Wildman–Crippen LogP) is 15.1. The van der Waals surface area contributed by atoms with Gasteiger partial charge in [0.05, 0.1) is 5.56 Å². The molecule has 0 aliphatic carbocycles. The van der Waals surface area contributed by atoms with Crippen LogP contribution in [0.25, 0.3) is 0 Å². The van der Waals surface area contributed by atoms with Crippen molar-refractivity contribution in [1.29, 1.82) is 0 Å². The minimum Gasteiger partial charge on any atom is -0.459 e. The Balaban J connectivity index is 2.07. The van der Waals surface area contributed by atoms with E-state index in [1.165, 1.54) is 199 Å².